The standard InChI is InChI=1S/C15H19N3O/c1-18(14-8-4-5-12(9-14)10-16)15(19)11-17-13-6-2-3-7-13/h4-5,8-9,13,17H,2-3,6-7,11H2,1H3. The number of hydrogen-bond donors (Lipinski definition) is 1. The van der Waals surface area contributed by atoms with E-state index in [-0.39, 0.29) is 5.91 Å². The summed E-state index contributed by atoms with van der Waals surface area (Å²) in [7, 11) is 1.75. The molecule has 0 saturated heterocycles. The second-order valence-electron chi connectivity index (χ2n) is 4.98. The molecule has 19 heavy (non-hydrogen) atoms. The smallest absolute Gasteiger partial charge is 0.240 e. The van der Waals surface area contributed by atoms with Crippen LogP contribution in [0.15, 0.2) is 24.3 Å². The molecule has 1 amide bonds. The first-order valence-corrected chi connectivity index (χ1v) is 6.71. The van der Waals surface area contributed by atoms with Gasteiger partial charge < -0.3 is 10.2 Å². The third-order valence-corrected chi connectivity index (χ3v) is 3.63. The van der Waals surface area contributed by atoms with E-state index < -0.39 is 0 Å². The zero-order chi connectivity index (χ0) is 13.7. The fraction of sp³-hybridized carbons (Fsp3) is 0.467. The van der Waals surface area contributed by atoms with Crippen LogP contribution in [0.1, 0.15) is 31.2 Å². The molecule has 0 aromatic heterocycles. The maximum absolute atomic E-state index is 12.1. The number of nitrogens with one attached hydrogen (secondary N) is 1. The van der Waals surface area contributed by atoms with Crippen molar-refractivity contribution in [2.45, 2.75) is 31.7 Å². The van der Waals surface area contributed by atoms with E-state index >= 15 is 0 Å². The molecule has 0 unspecified atom stereocenters. The lowest BCUT2D eigenvalue weighted by atomic mass is 10.2. The number of hydrogen-bond acceptors (Lipinski definition) is 3. The second kappa shape index (κ2) is 6.35. The summed E-state index contributed by atoms with van der Waals surface area (Å²) >= 11 is 0. The summed E-state index contributed by atoms with van der Waals surface area (Å²) in [6.45, 7) is 0.359. The van der Waals surface area contributed by atoms with Gasteiger partial charge in [-0.3, -0.25) is 4.79 Å². The highest BCUT2D eigenvalue weighted by molar-refractivity contribution is 5.94. The van der Waals surface area contributed by atoms with E-state index in [1.165, 1.54) is 25.7 Å². The normalized spacial score (nSPS) is 15.2. The first-order valence-electron chi connectivity index (χ1n) is 6.71. The van der Waals surface area contributed by atoms with Gasteiger partial charge in [0.2, 0.25) is 5.91 Å². The first kappa shape index (κ1) is 13.6. The Labute approximate surface area is 114 Å². The molecule has 0 radical (unpaired) electrons. The van der Waals surface area contributed by atoms with E-state index in [1.807, 2.05) is 6.07 Å². The number of carbonyl (C=O) groups excluding carboxylic acids is 1. The predicted octanol–water partition coefficient (Wildman–Crippen LogP) is 2.05. The number of carbonyl (C=O) groups is 1. The topological polar surface area (TPSA) is 56.1 Å². The van der Waals surface area contributed by atoms with E-state index in [0.717, 1.165) is 5.69 Å². The summed E-state index contributed by atoms with van der Waals surface area (Å²) < 4.78 is 0. The SMILES string of the molecule is CN(C(=O)CNC1CCCC1)c1cccc(C#N)c1. The fourth-order valence-electron chi connectivity index (χ4n) is 2.41. The number of anilines is 1. The molecule has 0 bridgehead atoms. The Bertz CT molecular complexity index is 486. The van der Waals surface area contributed by atoms with Crippen molar-refractivity contribution in [3.8, 4) is 6.07 Å². The van der Waals surface area contributed by atoms with Crippen LogP contribution in [-0.4, -0.2) is 25.5 Å². The van der Waals surface area contributed by atoms with Crippen LogP contribution in [-0.2, 0) is 4.79 Å². The average molecular weight is 257 g/mol. The van der Waals surface area contributed by atoms with Crippen molar-refractivity contribution in [2.75, 3.05) is 18.5 Å². The first-order chi connectivity index (χ1) is 9.20. The van der Waals surface area contributed by atoms with Crippen LogP contribution >= 0.6 is 0 Å². The quantitative estimate of drug-likeness (QED) is 0.898. The van der Waals surface area contributed by atoms with Crippen molar-refractivity contribution < 1.29 is 4.79 Å². The monoisotopic (exact) mass is 257 g/mol. The molecule has 1 aliphatic rings. The van der Waals surface area contributed by atoms with Crippen LogP contribution in [0.5, 0.6) is 0 Å². The predicted molar refractivity (Wildman–Crippen MR) is 74.8 cm³/mol. The largest absolute Gasteiger partial charge is 0.314 e. The summed E-state index contributed by atoms with van der Waals surface area (Å²) in [5.74, 6) is 0.0296. The van der Waals surface area contributed by atoms with Gasteiger partial charge in [-0.25, -0.2) is 0 Å². The van der Waals surface area contributed by atoms with Crippen LogP contribution in [0, 0.1) is 11.3 Å². The number of benzene rings is 1. The van der Waals surface area contributed by atoms with Gasteiger partial charge in [-0.05, 0) is 31.0 Å². The molecular formula is C15H19N3O. The minimum absolute atomic E-state index is 0.0296. The molecule has 1 aromatic rings. The second-order valence-corrected chi connectivity index (χ2v) is 4.98. The maximum Gasteiger partial charge on any atom is 0.240 e. The molecule has 1 fully saturated rings. The highest BCUT2D eigenvalue weighted by Crippen LogP contribution is 2.18. The Morgan fingerprint density at radius 1 is 1.47 bits per heavy atom. The van der Waals surface area contributed by atoms with Crippen LogP contribution in [0.3, 0.4) is 0 Å². The maximum atomic E-state index is 12.1. The average Bonchev–Trinajstić information content (AvgIpc) is 2.97. The number of nitriles is 1. The molecule has 1 aliphatic carbocycles. The molecule has 100 valence electrons. The lowest BCUT2D eigenvalue weighted by molar-refractivity contribution is -0.117. The number of nitrogens with zero attached hydrogens (tertiary/aromatic N) is 2. The van der Waals surface area contributed by atoms with Crippen LogP contribution in [0.4, 0.5) is 5.69 Å². The van der Waals surface area contributed by atoms with Gasteiger partial charge in [0.15, 0.2) is 0 Å². The van der Waals surface area contributed by atoms with Crippen LogP contribution < -0.4 is 10.2 Å². The molecule has 1 aromatic carbocycles. The number of rotatable bonds is 4. The lowest BCUT2D eigenvalue weighted by Gasteiger charge is -2.19. The van der Waals surface area contributed by atoms with Crippen molar-refractivity contribution in [3.63, 3.8) is 0 Å². The summed E-state index contributed by atoms with van der Waals surface area (Å²) in [6.07, 6.45) is 4.85. The van der Waals surface area contributed by atoms with E-state index in [0.29, 0.717) is 18.2 Å². The Hall–Kier alpha value is -1.86. The van der Waals surface area contributed by atoms with Crippen molar-refractivity contribution >= 4 is 11.6 Å². The molecule has 1 saturated carbocycles. The van der Waals surface area contributed by atoms with Gasteiger partial charge in [-0.2, -0.15) is 5.26 Å². The van der Waals surface area contributed by atoms with Gasteiger partial charge in [-0.1, -0.05) is 18.9 Å². The summed E-state index contributed by atoms with van der Waals surface area (Å²) in [5.41, 5.74) is 1.33. The van der Waals surface area contributed by atoms with E-state index in [2.05, 4.69) is 11.4 Å². The molecule has 4 heteroatoms. The van der Waals surface area contributed by atoms with Crippen molar-refractivity contribution in [2.24, 2.45) is 0 Å². The number of amides is 1. The van der Waals surface area contributed by atoms with E-state index in [4.69, 9.17) is 5.26 Å². The molecule has 2 rings (SSSR count). The molecular weight excluding hydrogens is 238 g/mol. The summed E-state index contributed by atoms with van der Waals surface area (Å²) in [5, 5.41) is 12.2. The van der Waals surface area contributed by atoms with Gasteiger partial charge in [0.25, 0.3) is 0 Å². The molecule has 0 aliphatic heterocycles. The summed E-state index contributed by atoms with van der Waals surface area (Å²) in [6, 6.07) is 9.67. The van der Waals surface area contributed by atoms with E-state index in [9.17, 15) is 4.79 Å². The third-order valence-electron chi connectivity index (χ3n) is 3.63. The van der Waals surface area contributed by atoms with Gasteiger partial charge >= 0.3 is 0 Å². The molecule has 0 atom stereocenters. The minimum atomic E-state index is 0.0296. The molecule has 1 N–H and O–H groups in total. The van der Waals surface area contributed by atoms with Gasteiger partial charge in [0, 0.05) is 18.8 Å². The van der Waals surface area contributed by atoms with Crippen LogP contribution in [0.2, 0.25) is 0 Å². The highest BCUT2D eigenvalue weighted by atomic mass is 16.2. The molecule has 0 heterocycles. The number of likely N-dealkylation sites (N-methyl/N-ethyl adjacent to an activating group) is 1. The van der Waals surface area contributed by atoms with Gasteiger partial charge in [-0.15, -0.1) is 0 Å². The Kier molecular flexibility index (Phi) is 4.53. The van der Waals surface area contributed by atoms with Crippen molar-refractivity contribution in [3.05, 3.63) is 29.8 Å². The lowest BCUT2D eigenvalue weighted by Crippen LogP contribution is -2.39. The van der Waals surface area contributed by atoms with Crippen molar-refractivity contribution in [1.29, 1.82) is 5.26 Å². The minimum Gasteiger partial charge on any atom is -0.314 e. The molecule has 4 nitrogen and oxygen atoms in total. The van der Waals surface area contributed by atoms with Crippen molar-refractivity contribution in [1.82, 2.24) is 5.32 Å². The zero-order valence-corrected chi connectivity index (χ0v) is 11.2. The Morgan fingerprint density at radius 3 is 2.89 bits per heavy atom. The molecule has 0 spiro atoms. The third kappa shape index (κ3) is 3.55. The van der Waals surface area contributed by atoms with Gasteiger partial charge in [0.1, 0.15) is 0 Å². The van der Waals surface area contributed by atoms with Gasteiger partial charge in [0.05, 0.1) is 18.2 Å². The highest BCUT2D eigenvalue weighted by Gasteiger charge is 2.17. The van der Waals surface area contributed by atoms with Crippen LogP contribution in [0.25, 0.3) is 0 Å². The zero-order valence-electron chi connectivity index (χ0n) is 11.2. The Balaban J connectivity index is 1.92. The Morgan fingerprint density at radius 2 is 2.21 bits per heavy atom. The fourth-order valence-corrected chi connectivity index (χ4v) is 2.41. The van der Waals surface area contributed by atoms with E-state index in [1.54, 1.807) is 30.1 Å². The summed E-state index contributed by atoms with van der Waals surface area (Å²) in [4.78, 5) is 13.7.